The molecule has 2 aliphatic heterocycles. The molecule has 6 nitrogen and oxygen atoms in total. The fourth-order valence-corrected chi connectivity index (χ4v) is 5.83. The average molecular weight is 383 g/mol. The molecular formula is C22H25NO5. The lowest BCUT2D eigenvalue weighted by Crippen LogP contribution is -2.57. The summed E-state index contributed by atoms with van der Waals surface area (Å²) in [5, 5.41) is 11.4. The Morgan fingerprint density at radius 1 is 1.21 bits per heavy atom. The number of nitrogens with zero attached hydrogens (tertiary/aromatic N) is 1. The number of rotatable bonds is 2. The number of anilines is 1. The van der Waals surface area contributed by atoms with Gasteiger partial charge in [0.05, 0.1) is 19.1 Å². The van der Waals surface area contributed by atoms with E-state index in [2.05, 4.69) is 4.90 Å². The number of carbonyl (C=O) groups excluding carboxylic acids is 2. The molecule has 2 aliphatic carbocycles. The number of methoxy groups -OCH3 is 1. The second-order valence-electron chi connectivity index (χ2n) is 8.84. The smallest absolute Gasteiger partial charge is 0.334 e. The molecule has 28 heavy (non-hydrogen) atoms. The van der Waals surface area contributed by atoms with E-state index in [0.717, 1.165) is 24.3 Å². The Bertz CT molecular complexity index is 895. The predicted octanol–water partition coefficient (Wildman–Crippen LogP) is 2.10. The molecule has 6 heteroatoms. The van der Waals surface area contributed by atoms with Gasteiger partial charge in [0.15, 0.2) is 11.3 Å². The van der Waals surface area contributed by atoms with Crippen LogP contribution in [0, 0.1) is 17.3 Å². The van der Waals surface area contributed by atoms with Gasteiger partial charge in [0.2, 0.25) is 0 Å². The first-order valence-corrected chi connectivity index (χ1v) is 9.88. The van der Waals surface area contributed by atoms with E-state index in [4.69, 9.17) is 9.47 Å². The molecule has 0 unspecified atom stereocenters. The summed E-state index contributed by atoms with van der Waals surface area (Å²) in [6.07, 6.45) is 3.94. The molecule has 1 aromatic rings. The Morgan fingerprint density at radius 2 is 1.93 bits per heavy atom. The third-order valence-electron chi connectivity index (χ3n) is 7.79. The van der Waals surface area contributed by atoms with Gasteiger partial charge in [0, 0.05) is 11.6 Å². The zero-order valence-electron chi connectivity index (χ0n) is 16.3. The van der Waals surface area contributed by atoms with E-state index in [0.29, 0.717) is 6.54 Å². The van der Waals surface area contributed by atoms with Crippen molar-refractivity contribution in [2.24, 2.45) is 17.3 Å². The monoisotopic (exact) mass is 383 g/mol. The highest BCUT2D eigenvalue weighted by molar-refractivity contribution is 6.02. The van der Waals surface area contributed by atoms with Crippen LogP contribution in [0.5, 0.6) is 5.75 Å². The first-order chi connectivity index (χ1) is 13.3. The van der Waals surface area contributed by atoms with Crippen LogP contribution in [0.15, 0.2) is 36.4 Å². The van der Waals surface area contributed by atoms with E-state index in [9.17, 15) is 14.7 Å². The lowest BCUT2D eigenvalue weighted by atomic mass is 9.64. The van der Waals surface area contributed by atoms with Gasteiger partial charge in [-0.1, -0.05) is 6.92 Å². The van der Waals surface area contributed by atoms with Gasteiger partial charge in [-0.25, -0.2) is 4.79 Å². The van der Waals surface area contributed by atoms with E-state index in [1.54, 1.807) is 20.1 Å². The van der Waals surface area contributed by atoms with Crippen molar-refractivity contribution in [2.45, 2.75) is 43.9 Å². The SMILES string of the molecule is COc1ccc(N2C[C@]23C(=O)O[C@@H]2[C@H]3CC[C@H](C)[C@]3(O)C=CC(=O)[C@@]23C)cc1. The quantitative estimate of drug-likeness (QED) is 0.623. The number of aliphatic hydroxyl groups is 1. The van der Waals surface area contributed by atoms with Crippen molar-refractivity contribution in [3.05, 3.63) is 36.4 Å². The lowest BCUT2D eigenvalue weighted by Gasteiger charge is -2.43. The number of carbonyl (C=O) groups is 2. The number of fused-ring (bicyclic) bond motifs is 4. The van der Waals surface area contributed by atoms with Crippen molar-refractivity contribution >= 4 is 17.4 Å². The van der Waals surface area contributed by atoms with Crippen molar-refractivity contribution in [1.82, 2.24) is 0 Å². The Labute approximate surface area is 164 Å². The third-order valence-corrected chi connectivity index (χ3v) is 7.79. The van der Waals surface area contributed by atoms with Gasteiger partial charge in [-0.05, 0) is 62.1 Å². The molecule has 0 amide bonds. The highest BCUT2D eigenvalue weighted by atomic mass is 16.6. The molecule has 5 rings (SSSR count). The van der Waals surface area contributed by atoms with Gasteiger partial charge in [-0.15, -0.1) is 0 Å². The van der Waals surface area contributed by atoms with Gasteiger partial charge in [0.1, 0.15) is 17.5 Å². The molecule has 0 radical (unpaired) electrons. The number of hydrogen-bond acceptors (Lipinski definition) is 6. The van der Waals surface area contributed by atoms with Crippen molar-refractivity contribution < 1.29 is 24.2 Å². The van der Waals surface area contributed by atoms with Crippen molar-refractivity contribution in [2.75, 3.05) is 18.6 Å². The van der Waals surface area contributed by atoms with E-state index in [1.165, 1.54) is 6.08 Å². The number of ether oxygens (including phenoxy) is 2. The minimum atomic E-state index is -1.28. The van der Waals surface area contributed by atoms with E-state index in [1.807, 2.05) is 31.2 Å². The fourth-order valence-electron chi connectivity index (χ4n) is 5.83. The molecular weight excluding hydrogens is 358 g/mol. The minimum Gasteiger partial charge on any atom is -0.497 e. The number of esters is 1. The molecule has 1 aromatic carbocycles. The summed E-state index contributed by atoms with van der Waals surface area (Å²) in [5.74, 6) is 0.105. The number of hydrogen-bond donors (Lipinski definition) is 1. The molecule has 4 aliphatic rings. The molecule has 0 bridgehead atoms. The van der Waals surface area contributed by atoms with Crippen molar-refractivity contribution in [3.63, 3.8) is 0 Å². The Morgan fingerprint density at radius 3 is 2.61 bits per heavy atom. The van der Waals surface area contributed by atoms with Crippen molar-refractivity contribution in [1.29, 1.82) is 0 Å². The van der Waals surface area contributed by atoms with Gasteiger partial charge in [0.25, 0.3) is 0 Å². The summed E-state index contributed by atoms with van der Waals surface area (Å²) in [4.78, 5) is 28.0. The molecule has 1 saturated carbocycles. The van der Waals surface area contributed by atoms with Crippen molar-refractivity contribution in [3.8, 4) is 5.75 Å². The number of benzene rings is 1. The maximum Gasteiger partial charge on any atom is 0.334 e. The maximum atomic E-state index is 13.1. The second kappa shape index (κ2) is 5.38. The third kappa shape index (κ3) is 1.87. The van der Waals surface area contributed by atoms with Crippen LogP contribution in [0.1, 0.15) is 26.7 Å². The lowest BCUT2D eigenvalue weighted by molar-refractivity contribution is -0.166. The average Bonchev–Trinajstić information content (AvgIpc) is 3.34. The summed E-state index contributed by atoms with van der Waals surface area (Å²) in [6, 6.07) is 7.62. The second-order valence-corrected chi connectivity index (χ2v) is 8.84. The van der Waals surface area contributed by atoms with Crippen LogP contribution in [0.2, 0.25) is 0 Å². The van der Waals surface area contributed by atoms with Crippen LogP contribution in [0.3, 0.4) is 0 Å². The standard InChI is InChI=1S/C22H25NO5/c1-13-4-9-16-18(20(2)17(24)10-11-22(13,20)26)28-19(25)21(16)12-23(21)14-5-7-15(27-3)8-6-14/h5-8,10-11,13,16,18,26H,4,9,12H2,1-3H3/t13-,16+,18+,20-,21-,22+,23?/m0/s1. The van der Waals surface area contributed by atoms with Crippen LogP contribution < -0.4 is 9.64 Å². The summed E-state index contributed by atoms with van der Waals surface area (Å²) in [5.41, 5.74) is -2.22. The highest BCUT2D eigenvalue weighted by Gasteiger charge is 2.77. The molecule has 6 atom stereocenters. The van der Waals surface area contributed by atoms with Crippen LogP contribution in [0.4, 0.5) is 5.69 Å². The first kappa shape index (κ1) is 17.7. The van der Waals surface area contributed by atoms with Crippen LogP contribution in [0.25, 0.3) is 0 Å². The van der Waals surface area contributed by atoms with Crippen LogP contribution >= 0.6 is 0 Å². The Balaban J connectivity index is 1.54. The van der Waals surface area contributed by atoms with E-state index < -0.39 is 22.7 Å². The van der Waals surface area contributed by atoms with E-state index >= 15 is 0 Å². The summed E-state index contributed by atoms with van der Waals surface area (Å²) in [7, 11) is 1.62. The molecule has 1 spiro atoms. The zero-order chi connectivity index (χ0) is 19.9. The normalized spacial score (nSPS) is 43.6. The van der Waals surface area contributed by atoms with Gasteiger partial charge in [-0.3, -0.25) is 4.79 Å². The molecule has 148 valence electrons. The van der Waals surface area contributed by atoms with Crippen LogP contribution in [-0.4, -0.2) is 47.8 Å². The van der Waals surface area contributed by atoms with Gasteiger partial charge >= 0.3 is 5.97 Å². The van der Waals surface area contributed by atoms with Gasteiger partial charge in [-0.2, -0.15) is 0 Å². The largest absolute Gasteiger partial charge is 0.497 e. The minimum absolute atomic E-state index is 0.0882. The molecule has 0 aromatic heterocycles. The summed E-state index contributed by atoms with van der Waals surface area (Å²) < 4.78 is 11.1. The zero-order valence-corrected chi connectivity index (χ0v) is 16.3. The topological polar surface area (TPSA) is 75.8 Å². The number of ketones is 1. The summed E-state index contributed by atoms with van der Waals surface area (Å²) >= 11 is 0. The maximum absolute atomic E-state index is 13.1. The molecule has 3 fully saturated rings. The molecule has 2 saturated heterocycles. The van der Waals surface area contributed by atoms with E-state index in [-0.39, 0.29) is 23.6 Å². The fraction of sp³-hybridized carbons (Fsp3) is 0.545. The Hall–Kier alpha value is -2.34. The summed E-state index contributed by atoms with van der Waals surface area (Å²) in [6.45, 7) is 4.32. The first-order valence-electron chi connectivity index (χ1n) is 9.88. The molecule has 2 heterocycles. The Kier molecular flexibility index (Phi) is 3.41. The predicted molar refractivity (Wildman–Crippen MR) is 102 cm³/mol. The van der Waals surface area contributed by atoms with Crippen LogP contribution in [-0.2, 0) is 14.3 Å². The highest BCUT2D eigenvalue weighted by Crippen LogP contribution is 2.62. The molecule has 1 N–H and O–H groups in total. The number of allylic oxidation sites excluding steroid dienone is 1. The van der Waals surface area contributed by atoms with Gasteiger partial charge < -0.3 is 19.5 Å².